The summed E-state index contributed by atoms with van der Waals surface area (Å²) in [6.07, 6.45) is 0.993. The van der Waals surface area contributed by atoms with Gasteiger partial charge in [-0.2, -0.15) is 0 Å². The molecule has 0 bridgehead atoms. The number of hydrogen-bond acceptors (Lipinski definition) is 10. The van der Waals surface area contributed by atoms with E-state index in [0.29, 0.717) is 10.8 Å². The molecule has 2 aromatic carbocycles. The van der Waals surface area contributed by atoms with Crippen LogP contribution in [0.2, 0.25) is 10.0 Å². The number of hydrogen-bond donors (Lipinski definition) is 4. The van der Waals surface area contributed by atoms with Gasteiger partial charge in [-0.3, -0.25) is 41.4 Å². The molecule has 0 spiro atoms. The number of ether oxygens (including phenoxy) is 2. The van der Waals surface area contributed by atoms with Gasteiger partial charge in [0.1, 0.15) is 17.8 Å². The zero-order chi connectivity index (χ0) is 25.4. The predicted molar refractivity (Wildman–Crippen MR) is 126 cm³/mol. The molecule has 13 nitrogen and oxygen atoms in total. The predicted octanol–water partition coefficient (Wildman–Crippen LogP) is 2.98. The molecular formula is C20H17Cl2N7O6. The second-order valence-corrected chi connectivity index (χ2v) is 7.36. The van der Waals surface area contributed by atoms with Gasteiger partial charge in [0.25, 0.3) is 11.8 Å². The van der Waals surface area contributed by atoms with E-state index >= 15 is 0 Å². The van der Waals surface area contributed by atoms with Crippen LogP contribution in [0.3, 0.4) is 0 Å². The van der Waals surface area contributed by atoms with Crippen LogP contribution in [0.5, 0.6) is 11.5 Å². The Balaban J connectivity index is 1.62. The third-order valence-electron chi connectivity index (χ3n) is 4.22. The smallest absolute Gasteiger partial charge is 0.356 e. The van der Waals surface area contributed by atoms with Crippen LogP contribution in [0.15, 0.2) is 48.8 Å². The van der Waals surface area contributed by atoms with Gasteiger partial charge in [-0.1, -0.05) is 23.2 Å². The van der Waals surface area contributed by atoms with Crippen molar-refractivity contribution >= 4 is 52.3 Å². The zero-order valence-electron chi connectivity index (χ0n) is 17.9. The Labute approximate surface area is 207 Å². The number of nitrogens with zero attached hydrogens (tertiary/aromatic N) is 3. The van der Waals surface area contributed by atoms with Crippen LogP contribution in [0, 0.1) is 10.1 Å². The van der Waals surface area contributed by atoms with Crippen molar-refractivity contribution in [3.8, 4) is 11.5 Å². The number of benzene rings is 2. The first-order valence-electron chi connectivity index (χ1n) is 9.61. The number of anilines is 2. The molecule has 0 aliphatic rings. The van der Waals surface area contributed by atoms with Gasteiger partial charge >= 0.3 is 5.69 Å². The van der Waals surface area contributed by atoms with Crippen LogP contribution < -0.4 is 31.2 Å². The van der Waals surface area contributed by atoms with Gasteiger partial charge in [0, 0.05) is 10.6 Å². The first-order valence-corrected chi connectivity index (χ1v) is 10.4. The minimum absolute atomic E-state index is 0.206. The van der Waals surface area contributed by atoms with Crippen molar-refractivity contribution in [3.63, 3.8) is 0 Å². The zero-order valence-corrected chi connectivity index (χ0v) is 19.4. The van der Waals surface area contributed by atoms with Gasteiger partial charge in [0.2, 0.25) is 11.6 Å². The van der Waals surface area contributed by atoms with Crippen molar-refractivity contribution in [1.29, 1.82) is 0 Å². The first-order chi connectivity index (χ1) is 16.8. The number of aromatic nitrogens is 2. The molecule has 0 aliphatic carbocycles. The van der Waals surface area contributed by atoms with Gasteiger partial charge in [-0.15, -0.1) is 0 Å². The lowest BCUT2D eigenvalue weighted by Gasteiger charge is -2.12. The van der Waals surface area contributed by atoms with Crippen LogP contribution in [-0.2, 0) is 4.79 Å². The average molecular weight is 522 g/mol. The van der Waals surface area contributed by atoms with Crippen LogP contribution in [0.4, 0.5) is 17.3 Å². The molecule has 4 N–H and O–H groups in total. The number of methoxy groups -OCH3 is 1. The highest BCUT2D eigenvalue weighted by Crippen LogP contribution is 2.28. The Morgan fingerprint density at radius 1 is 1.03 bits per heavy atom. The van der Waals surface area contributed by atoms with Gasteiger partial charge in [0.05, 0.1) is 17.1 Å². The maximum absolute atomic E-state index is 12.3. The molecule has 0 unspecified atom stereocenters. The van der Waals surface area contributed by atoms with E-state index < -0.39 is 29.0 Å². The molecule has 0 fully saturated rings. The van der Waals surface area contributed by atoms with Crippen LogP contribution in [-0.4, -0.2) is 40.4 Å². The number of nitrogens with one attached hydrogen (secondary N) is 4. The van der Waals surface area contributed by atoms with E-state index in [1.54, 1.807) is 12.1 Å². The van der Waals surface area contributed by atoms with Crippen molar-refractivity contribution in [2.24, 2.45) is 0 Å². The largest absolute Gasteiger partial charge is 0.497 e. The second-order valence-electron chi connectivity index (χ2n) is 6.52. The molecule has 0 atom stereocenters. The molecule has 0 aliphatic heterocycles. The molecule has 1 aromatic heterocycles. The maximum Gasteiger partial charge on any atom is 0.356 e. The molecule has 3 rings (SSSR count). The number of rotatable bonds is 10. The highest BCUT2D eigenvalue weighted by Gasteiger charge is 2.24. The van der Waals surface area contributed by atoms with E-state index in [1.165, 1.54) is 37.4 Å². The van der Waals surface area contributed by atoms with Crippen LogP contribution in [0.25, 0.3) is 0 Å². The average Bonchev–Trinajstić information content (AvgIpc) is 2.85. The number of nitro groups is 1. The molecule has 35 heavy (non-hydrogen) atoms. The molecule has 3 aromatic rings. The fourth-order valence-electron chi connectivity index (χ4n) is 2.57. The van der Waals surface area contributed by atoms with Crippen molar-refractivity contribution in [2.75, 3.05) is 24.6 Å². The lowest BCUT2D eigenvalue weighted by molar-refractivity contribution is -0.383. The molecule has 2 amide bonds. The summed E-state index contributed by atoms with van der Waals surface area (Å²) in [5.41, 5.74) is 8.87. The van der Waals surface area contributed by atoms with Crippen LogP contribution in [0.1, 0.15) is 10.4 Å². The molecule has 15 heteroatoms. The fourth-order valence-corrected chi connectivity index (χ4v) is 3.03. The van der Waals surface area contributed by atoms with E-state index in [-0.39, 0.29) is 28.0 Å². The van der Waals surface area contributed by atoms with E-state index in [4.69, 9.17) is 32.7 Å². The summed E-state index contributed by atoms with van der Waals surface area (Å²) in [5, 5.41) is 12.2. The van der Waals surface area contributed by atoms with Gasteiger partial charge in [0.15, 0.2) is 6.61 Å². The van der Waals surface area contributed by atoms with Gasteiger partial charge in [-0.25, -0.2) is 9.97 Å². The maximum atomic E-state index is 12.3. The second kappa shape index (κ2) is 11.7. The minimum atomic E-state index is -0.791. The van der Waals surface area contributed by atoms with E-state index in [1.807, 2.05) is 0 Å². The van der Waals surface area contributed by atoms with Gasteiger partial charge in [-0.05, 0) is 42.5 Å². The minimum Gasteiger partial charge on any atom is -0.497 e. The van der Waals surface area contributed by atoms with Crippen molar-refractivity contribution in [1.82, 2.24) is 20.8 Å². The Hall–Kier alpha value is -4.36. The van der Waals surface area contributed by atoms with Crippen molar-refractivity contribution < 1.29 is 24.0 Å². The summed E-state index contributed by atoms with van der Waals surface area (Å²) in [6.45, 7) is -0.462. The van der Waals surface area contributed by atoms with Crippen LogP contribution >= 0.6 is 23.2 Å². The Morgan fingerprint density at radius 3 is 2.29 bits per heavy atom. The summed E-state index contributed by atoms with van der Waals surface area (Å²) in [5.74, 6) is -1.16. The standard InChI is InChI=1S/C20H17Cl2N7O6/c1-34-13-5-2-11(3-6-13)20(31)28-27-19-17(29(32)33)18(23-10-24-19)26-25-16(30)9-35-15-7-4-12(21)8-14(15)22/h2-8,10H,9H2,1H3,(H,25,30)(H,28,31)(H2,23,24,26,27). The number of carbonyl (C=O) groups excluding carboxylic acids is 2. The Morgan fingerprint density at radius 2 is 1.69 bits per heavy atom. The third-order valence-corrected chi connectivity index (χ3v) is 4.75. The quantitative estimate of drug-likeness (QED) is 0.229. The van der Waals surface area contributed by atoms with Crippen molar-refractivity contribution in [2.45, 2.75) is 0 Å². The summed E-state index contributed by atoms with van der Waals surface area (Å²) < 4.78 is 10.3. The summed E-state index contributed by atoms with van der Waals surface area (Å²) >= 11 is 11.8. The number of halogens is 2. The normalized spacial score (nSPS) is 10.1. The SMILES string of the molecule is COc1ccc(C(=O)NNc2ncnc(NNC(=O)COc3ccc(Cl)cc3Cl)c2[N+](=O)[O-])cc1. The number of amides is 2. The lowest BCUT2D eigenvalue weighted by atomic mass is 10.2. The molecule has 0 radical (unpaired) electrons. The summed E-state index contributed by atoms with van der Waals surface area (Å²) in [6, 6.07) is 10.6. The van der Waals surface area contributed by atoms with Crippen molar-refractivity contribution in [3.05, 3.63) is 74.5 Å². The first kappa shape index (κ1) is 25.3. The topological polar surface area (TPSA) is 170 Å². The molecule has 0 saturated heterocycles. The monoisotopic (exact) mass is 521 g/mol. The molecular weight excluding hydrogens is 505 g/mol. The summed E-state index contributed by atoms with van der Waals surface area (Å²) in [7, 11) is 1.49. The van der Waals surface area contributed by atoms with E-state index in [2.05, 4.69) is 31.7 Å². The Bertz CT molecular complexity index is 1240. The molecule has 182 valence electrons. The van der Waals surface area contributed by atoms with E-state index in [9.17, 15) is 19.7 Å². The highest BCUT2D eigenvalue weighted by molar-refractivity contribution is 6.35. The van der Waals surface area contributed by atoms with Gasteiger partial charge < -0.3 is 9.47 Å². The third kappa shape index (κ3) is 6.82. The molecule has 0 saturated carbocycles. The lowest BCUT2D eigenvalue weighted by Crippen LogP contribution is -2.34. The highest BCUT2D eigenvalue weighted by atomic mass is 35.5. The van der Waals surface area contributed by atoms with E-state index in [0.717, 1.165) is 6.33 Å². The molecule has 1 heterocycles. The Kier molecular flexibility index (Phi) is 8.43. The summed E-state index contributed by atoms with van der Waals surface area (Å²) in [4.78, 5) is 42.7. The number of hydrazine groups is 2. The number of carbonyl (C=O) groups is 2. The fraction of sp³-hybridized carbons (Fsp3) is 0.100.